The third-order valence-corrected chi connectivity index (χ3v) is 3.00. The van der Waals surface area contributed by atoms with E-state index in [-0.39, 0.29) is 0 Å². The average molecular weight is 253 g/mol. The van der Waals surface area contributed by atoms with Crippen LogP contribution < -0.4 is 0 Å². The highest BCUT2D eigenvalue weighted by atomic mass is 16.4. The molecule has 4 heteroatoms. The van der Waals surface area contributed by atoms with Gasteiger partial charge in [-0.05, 0) is 41.8 Å². The SMILES string of the molecule is O=C(O)c1ccc(Cc2ccc3ncoc3c2)cc1. The summed E-state index contributed by atoms with van der Waals surface area (Å²) in [4.78, 5) is 14.8. The molecule has 1 heterocycles. The van der Waals surface area contributed by atoms with E-state index in [4.69, 9.17) is 9.52 Å². The maximum absolute atomic E-state index is 10.8. The summed E-state index contributed by atoms with van der Waals surface area (Å²) < 4.78 is 5.26. The smallest absolute Gasteiger partial charge is 0.335 e. The van der Waals surface area contributed by atoms with Crippen LogP contribution in [-0.4, -0.2) is 16.1 Å². The predicted octanol–water partition coefficient (Wildman–Crippen LogP) is 3.12. The van der Waals surface area contributed by atoms with Crippen LogP contribution in [-0.2, 0) is 6.42 Å². The van der Waals surface area contributed by atoms with Gasteiger partial charge in [-0.1, -0.05) is 18.2 Å². The molecule has 0 aliphatic rings. The van der Waals surface area contributed by atoms with Crippen molar-refractivity contribution in [1.29, 1.82) is 0 Å². The van der Waals surface area contributed by atoms with Crippen LogP contribution in [0.2, 0.25) is 0 Å². The van der Waals surface area contributed by atoms with Crippen LogP contribution in [0.3, 0.4) is 0 Å². The van der Waals surface area contributed by atoms with E-state index in [0.29, 0.717) is 5.56 Å². The summed E-state index contributed by atoms with van der Waals surface area (Å²) in [5, 5.41) is 8.84. The van der Waals surface area contributed by atoms with Crippen molar-refractivity contribution in [2.24, 2.45) is 0 Å². The number of benzene rings is 2. The van der Waals surface area contributed by atoms with E-state index < -0.39 is 5.97 Å². The first kappa shape index (κ1) is 11.5. The first-order valence-corrected chi connectivity index (χ1v) is 5.87. The third-order valence-electron chi connectivity index (χ3n) is 3.00. The fourth-order valence-corrected chi connectivity index (χ4v) is 2.01. The minimum atomic E-state index is -0.908. The van der Waals surface area contributed by atoms with Crippen LogP contribution >= 0.6 is 0 Å². The first-order valence-electron chi connectivity index (χ1n) is 5.87. The molecule has 0 aliphatic heterocycles. The average Bonchev–Trinajstić information content (AvgIpc) is 2.87. The second kappa shape index (κ2) is 4.57. The van der Waals surface area contributed by atoms with Crippen molar-refractivity contribution >= 4 is 17.1 Å². The highest BCUT2D eigenvalue weighted by molar-refractivity contribution is 5.87. The van der Waals surface area contributed by atoms with Crippen molar-refractivity contribution in [2.45, 2.75) is 6.42 Å². The van der Waals surface area contributed by atoms with Gasteiger partial charge >= 0.3 is 5.97 Å². The molecule has 0 bridgehead atoms. The Balaban J connectivity index is 1.85. The molecule has 94 valence electrons. The van der Waals surface area contributed by atoms with Crippen LogP contribution in [0.15, 0.2) is 53.3 Å². The molecule has 0 saturated heterocycles. The Morgan fingerprint density at radius 1 is 1.11 bits per heavy atom. The number of rotatable bonds is 3. The fourth-order valence-electron chi connectivity index (χ4n) is 2.01. The molecule has 0 spiro atoms. The van der Waals surface area contributed by atoms with E-state index in [2.05, 4.69) is 4.98 Å². The molecule has 19 heavy (non-hydrogen) atoms. The van der Waals surface area contributed by atoms with Gasteiger partial charge < -0.3 is 9.52 Å². The topological polar surface area (TPSA) is 63.3 Å². The minimum Gasteiger partial charge on any atom is -0.478 e. The molecule has 0 aliphatic carbocycles. The molecule has 0 atom stereocenters. The lowest BCUT2D eigenvalue weighted by Gasteiger charge is -2.02. The molecule has 0 unspecified atom stereocenters. The molecule has 1 N–H and O–H groups in total. The highest BCUT2D eigenvalue weighted by Gasteiger charge is 2.04. The van der Waals surface area contributed by atoms with Crippen molar-refractivity contribution < 1.29 is 14.3 Å². The lowest BCUT2D eigenvalue weighted by Crippen LogP contribution is -1.96. The second-order valence-corrected chi connectivity index (χ2v) is 4.33. The van der Waals surface area contributed by atoms with Crippen molar-refractivity contribution in [3.05, 3.63) is 65.5 Å². The number of fused-ring (bicyclic) bond motifs is 1. The highest BCUT2D eigenvalue weighted by Crippen LogP contribution is 2.17. The van der Waals surface area contributed by atoms with Crippen LogP contribution in [0.1, 0.15) is 21.5 Å². The summed E-state index contributed by atoms with van der Waals surface area (Å²) >= 11 is 0. The van der Waals surface area contributed by atoms with Gasteiger partial charge in [0.15, 0.2) is 12.0 Å². The van der Waals surface area contributed by atoms with Crippen molar-refractivity contribution in [3.8, 4) is 0 Å². The normalized spacial score (nSPS) is 10.7. The molecule has 3 rings (SSSR count). The van der Waals surface area contributed by atoms with Gasteiger partial charge in [-0.25, -0.2) is 9.78 Å². The minimum absolute atomic E-state index is 0.300. The number of carboxylic acids is 1. The van der Waals surface area contributed by atoms with E-state index >= 15 is 0 Å². The van der Waals surface area contributed by atoms with Gasteiger partial charge in [0.2, 0.25) is 0 Å². The number of aromatic nitrogens is 1. The van der Waals surface area contributed by atoms with E-state index in [1.165, 1.54) is 6.39 Å². The Morgan fingerprint density at radius 3 is 2.58 bits per heavy atom. The summed E-state index contributed by atoms with van der Waals surface area (Å²) in [6.07, 6.45) is 2.16. The van der Waals surface area contributed by atoms with E-state index in [0.717, 1.165) is 28.6 Å². The van der Waals surface area contributed by atoms with E-state index in [1.54, 1.807) is 12.1 Å². The number of carbonyl (C=O) groups is 1. The van der Waals surface area contributed by atoms with Crippen molar-refractivity contribution in [2.75, 3.05) is 0 Å². The molecular formula is C15H11NO3. The standard InChI is InChI=1S/C15H11NO3/c17-15(18)12-4-1-10(2-5-12)7-11-3-6-13-14(8-11)19-9-16-13/h1-6,8-9H,7H2,(H,17,18). The Labute approximate surface area is 109 Å². The molecule has 1 aromatic heterocycles. The molecular weight excluding hydrogens is 242 g/mol. The van der Waals surface area contributed by atoms with E-state index in [9.17, 15) is 4.79 Å². The quantitative estimate of drug-likeness (QED) is 0.779. The summed E-state index contributed by atoms with van der Waals surface area (Å²) in [7, 11) is 0. The first-order chi connectivity index (χ1) is 9.22. The number of carboxylic acid groups (broad SMARTS) is 1. The van der Waals surface area contributed by atoms with Gasteiger partial charge in [-0.15, -0.1) is 0 Å². The summed E-state index contributed by atoms with van der Waals surface area (Å²) in [6.45, 7) is 0. The zero-order valence-electron chi connectivity index (χ0n) is 10.0. The molecule has 0 saturated carbocycles. The largest absolute Gasteiger partial charge is 0.478 e. The number of aromatic carboxylic acids is 1. The van der Waals surface area contributed by atoms with Gasteiger partial charge in [0.1, 0.15) is 5.52 Å². The molecule has 0 fully saturated rings. The van der Waals surface area contributed by atoms with Gasteiger partial charge in [-0.3, -0.25) is 0 Å². The van der Waals surface area contributed by atoms with Crippen LogP contribution in [0.4, 0.5) is 0 Å². The van der Waals surface area contributed by atoms with Crippen LogP contribution in [0.25, 0.3) is 11.1 Å². The molecule has 0 radical (unpaired) electrons. The Bertz CT molecular complexity index is 728. The number of hydrogen-bond donors (Lipinski definition) is 1. The lowest BCUT2D eigenvalue weighted by atomic mass is 10.0. The maximum atomic E-state index is 10.8. The lowest BCUT2D eigenvalue weighted by molar-refractivity contribution is 0.0697. The van der Waals surface area contributed by atoms with Crippen LogP contribution in [0.5, 0.6) is 0 Å². The van der Waals surface area contributed by atoms with E-state index in [1.807, 2.05) is 30.3 Å². The summed E-state index contributed by atoms with van der Waals surface area (Å²) in [5.74, 6) is -0.908. The predicted molar refractivity (Wildman–Crippen MR) is 70.2 cm³/mol. The molecule has 4 nitrogen and oxygen atoms in total. The monoisotopic (exact) mass is 253 g/mol. The van der Waals surface area contributed by atoms with Gasteiger partial charge in [-0.2, -0.15) is 0 Å². The number of oxazole rings is 1. The molecule has 2 aromatic carbocycles. The Morgan fingerprint density at radius 2 is 1.84 bits per heavy atom. The van der Waals surface area contributed by atoms with Crippen molar-refractivity contribution in [1.82, 2.24) is 4.98 Å². The Hall–Kier alpha value is -2.62. The van der Waals surface area contributed by atoms with Crippen LogP contribution in [0, 0.1) is 0 Å². The van der Waals surface area contributed by atoms with Gasteiger partial charge in [0, 0.05) is 0 Å². The van der Waals surface area contributed by atoms with Gasteiger partial charge in [0.05, 0.1) is 5.56 Å². The summed E-state index contributed by atoms with van der Waals surface area (Å²) in [6, 6.07) is 12.8. The Kier molecular flexibility index (Phi) is 2.76. The summed E-state index contributed by atoms with van der Waals surface area (Å²) in [5.41, 5.74) is 4.07. The fraction of sp³-hybridized carbons (Fsp3) is 0.0667. The van der Waals surface area contributed by atoms with Crippen molar-refractivity contribution in [3.63, 3.8) is 0 Å². The number of hydrogen-bond acceptors (Lipinski definition) is 3. The third kappa shape index (κ3) is 2.33. The zero-order valence-corrected chi connectivity index (χ0v) is 10.0. The molecule has 3 aromatic rings. The maximum Gasteiger partial charge on any atom is 0.335 e. The zero-order chi connectivity index (χ0) is 13.2. The van der Waals surface area contributed by atoms with Gasteiger partial charge in [0.25, 0.3) is 0 Å². The molecule has 0 amide bonds. The number of nitrogens with zero attached hydrogens (tertiary/aromatic N) is 1. The second-order valence-electron chi connectivity index (χ2n) is 4.33.